The van der Waals surface area contributed by atoms with Crippen LogP contribution < -0.4 is 5.32 Å². The zero-order valence-corrected chi connectivity index (χ0v) is 15.9. The topological polar surface area (TPSA) is 29.1 Å². The summed E-state index contributed by atoms with van der Waals surface area (Å²) < 4.78 is 1.94. The highest BCUT2D eigenvalue weighted by molar-refractivity contribution is 9.10. The van der Waals surface area contributed by atoms with Crippen LogP contribution in [0.3, 0.4) is 0 Å². The Hall–Kier alpha value is -1.91. The van der Waals surface area contributed by atoms with E-state index in [1.54, 1.807) is 0 Å². The highest BCUT2D eigenvalue weighted by Gasteiger charge is 2.22. The van der Waals surface area contributed by atoms with Gasteiger partial charge in [0.2, 0.25) is 0 Å². The average molecular weight is 445 g/mol. The fraction of sp³-hybridized carbons (Fsp3) is 0.0500. The van der Waals surface area contributed by atoms with E-state index in [9.17, 15) is 4.79 Å². The molecule has 0 saturated carbocycles. The van der Waals surface area contributed by atoms with Crippen LogP contribution in [-0.2, 0) is 0 Å². The van der Waals surface area contributed by atoms with Crippen LogP contribution in [0.4, 0.5) is 5.69 Å². The van der Waals surface area contributed by atoms with E-state index in [-0.39, 0.29) is 5.78 Å². The molecule has 3 rings (SSSR count). The zero-order chi connectivity index (χ0) is 16.9. The van der Waals surface area contributed by atoms with Crippen molar-refractivity contribution in [3.63, 3.8) is 0 Å². The van der Waals surface area contributed by atoms with Gasteiger partial charge >= 0.3 is 0 Å². The highest BCUT2D eigenvalue weighted by Crippen LogP contribution is 2.25. The van der Waals surface area contributed by atoms with Crippen molar-refractivity contribution < 1.29 is 4.79 Å². The van der Waals surface area contributed by atoms with Crippen molar-refractivity contribution in [1.82, 2.24) is 0 Å². The lowest BCUT2D eigenvalue weighted by Gasteiger charge is -2.20. The summed E-state index contributed by atoms with van der Waals surface area (Å²) in [5.41, 5.74) is 2.51. The summed E-state index contributed by atoms with van der Waals surface area (Å²) in [4.78, 5) is 13.1. The molecule has 0 aliphatic heterocycles. The molecule has 1 atom stereocenters. The standard InChI is InChI=1S/C20H15Br2NO/c21-16-10-6-14(7-11-16)19(23-18-4-2-1-3-5-18)20(24)15-8-12-17(22)13-9-15/h1-13,19,23H. The van der Waals surface area contributed by atoms with Crippen LogP contribution in [0.1, 0.15) is 22.0 Å². The fourth-order valence-electron chi connectivity index (χ4n) is 2.44. The molecule has 120 valence electrons. The van der Waals surface area contributed by atoms with E-state index in [1.807, 2.05) is 78.9 Å². The number of nitrogens with one attached hydrogen (secondary N) is 1. The van der Waals surface area contributed by atoms with Gasteiger partial charge in [-0.1, -0.05) is 74.3 Å². The Morgan fingerprint density at radius 1 is 0.750 bits per heavy atom. The first-order valence-electron chi connectivity index (χ1n) is 7.50. The maximum absolute atomic E-state index is 13.1. The minimum atomic E-state index is -0.443. The third-order valence-electron chi connectivity index (χ3n) is 3.68. The second kappa shape index (κ2) is 7.77. The molecule has 1 N–H and O–H groups in total. The largest absolute Gasteiger partial charge is 0.371 e. The maximum Gasteiger partial charge on any atom is 0.189 e. The number of Topliss-reactive ketones (excluding diaryl/α,β-unsaturated/α-hetero) is 1. The Bertz CT molecular complexity index is 815. The Balaban J connectivity index is 1.96. The van der Waals surface area contributed by atoms with Crippen molar-refractivity contribution in [3.8, 4) is 0 Å². The average Bonchev–Trinajstić information content (AvgIpc) is 2.62. The lowest BCUT2D eigenvalue weighted by atomic mass is 9.97. The molecule has 0 bridgehead atoms. The second-order valence-corrected chi connectivity index (χ2v) is 7.20. The first kappa shape index (κ1) is 16.9. The minimum absolute atomic E-state index is 0.0358. The van der Waals surface area contributed by atoms with E-state index < -0.39 is 6.04 Å². The van der Waals surface area contributed by atoms with Crippen molar-refractivity contribution in [2.24, 2.45) is 0 Å². The Morgan fingerprint density at radius 3 is 1.88 bits per heavy atom. The van der Waals surface area contributed by atoms with Crippen LogP contribution in [0.5, 0.6) is 0 Å². The molecule has 0 aliphatic carbocycles. The number of carbonyl (C=O) groups excluding carboxylic acids is 1. The molecular weight excluding hydrogens is 430 g/mol. The smallest absolute Gasteiger partial charge is 0.189 e. The molecule has 24 heavy (non-hydrogen) atoms. The maximum atomic E-state index is 13.1. The van der Waals surface area contributed by atoms with Gasteiger partial charge in [-0.15, -0.1) is 0 Å². The predicted molar refractivity (Wildman–Crippen MR) is 105 cm³/mol. The van der Waals surface area contributed by atoms with E-state index >= 15 is 0 Å². The fourth-order valence-corrected chi connectivity index (χ4v) is 2.97. The van der Waals surface area contributed by atoms with Crippen LogP contribution in [0.25, 0.3) is 0 Å². The molecule has 0 spiro atoms. The van der Waals surface area contributed by atoms with Gasteiger partial charge in [-0.25, -0.2) is 0 Å². The van der Waals surface area contributed by atoms with E-state index in [0.717, 1.165) is 20.2 Å². The summed E-state index contributed by atoms with van der Waals surface area (Å²) >= 11 is 6.85. The van der Waals surface area contributed by atoms with Gasteiger partial charge in [0.15, 0.2) is 5.78 Å². The molecule has 0 fully saturated rings. The third kappa shape index (κ3) is 4.13. The van der Waals surface area contributed by atoms with Gasteiger partial charge in [0.05, 0.1) is 0 Å². The Kier molecular flexibility index (Phi) is 5.48. The molecule has 0 radical (unpaired) electrons. The highest BCUT2D eigenvalue weighted by atomic mass is 79.9. The summed E-state index contributed by atoms with van der Waals surface area (Å²) in [6, 6.07) is 24.6. The molecule has 0 amide bonds. The van der Waals surface area contributed by atoms with E-state index in [4.69, 9.17) is 0 Å². The quantitative estimate of drug-likeness (QED) is 0.471. The predicted octanol–water partition coefficient (Wildman–Crippen LogP) is 6.25. The number of para-hydroxylation sites is 1. The number of ketones is 1. The molecule has 3 aromatic carbocycles. The number of benzene rings is 3. The van der Waals surface area contributed by atoms with Crippen molar-refractivity contribution in [2.75, 3.05) is 5.32 Å². The number of rotatable bonds is 5. The van der Waals surface area contributed by atoms with Gasteiger partial charge in [-0.2, -0.15) is 0 Å². The monoisotopic (exact) mass is 443 g/mol. The number of hydrogen-bond acceptors (Lipinski definition) is 2. The lowest BCUT2D eigenvalue weighted by molar-refractivity contribution is 0.0969. The zero-order valence-electron chi connectivity index (χ0n) is 12.7. The first-order chi connectivity index (χ1) is 11.6. The Labute approximate surface area is 158 Å². The number of anilines is 1. The summed E-state index contributed by atoms with van der Waals surface area (Å²) in [5.74, 6) is 0.0358. The molecule has 0 aliphatic rings. The van der Waals surface area contributed by atoms with Gasteiger partial charge < -0.3 is 5.32 Å². The number of hydrogen-bond donors (Lipinski definition) is 1. The summed E-state index contributed by atoms with van der Waals surface area (Å²) in [7, 11) is 0. The molecule has 0 heterocycles. The van der Waals surface area contributed by atoms with Gasteiger partial charge in [-0.05, 0) is 42.0 Å². The van der Waals surface area contributed by atoms with Gasteiger partial charge in [0.25, 0.3) is 0 Å². The molecular formula is C20H15Br2NO. The van der Waals surface area contributed by atoms with Crippen LogP contribution in [0.15, 0.2) is 87.8 Å². The first-order valence-corrected chi connectivity index (χ1v) is 9.09. The van der Waals surface area contributed by atoms with Crippen LogP contribution >= 0.6 is 31.9 Å². The van der Waals surface area contributed by atoms with Gasteiger partial charge in [-0.3, -0.25) is 4.79 Å². The molecule has 0 aromatic heterocycles. The van der Waals surface area contributed by atoms with E-state index in [2.05, 4.69) is 37.2 Å². The van der Waals surface area contributed by atoms with Crippen LogP contribution in [0, 0.1) is 0 Å². The van der Waals surface area contributed by atoms with Crippen molar-refractivity contribution in [1.29, 1.82) is 0 Å². The summed E-state index contributed by atoms with van der Waals surface area (Å²) in [5, 5.41) is 3.35. The SMILES string of the molecule is O=C(c1ccc(Br)cc1)C(Nc1ccccc1)c1ccc(Br)cc1. The molecule has 1 unspecified atom stereocenters. The summed E-state index contributed by atoms with van der Waals surface area (Å²) in [6.07, 6.45) is 0. The van der Waals surface area contributed by atoms with Crippen molar-refractivity contribution in [2.45, 2.75) is 6.04 Å². The lowest BCUT2D eigenvalue weighted by Crippen LogP contribution is -2.21. The molecule has 3 aromatic rings. The Morgan fingerprint density at radius 2 is 1.29 bits per heavy atom. The van der Waals surface area contributed by atoms with Crippen molar-refractivity contribution >= 4 is 43.3 Å². The normalized spacial score (nSPS) is 11.8. The molecule has 2 nitrogen and oxygen atoms in total. The number of carbonyl (C=O) groups is 1. The second-order valence-electron chi connectivity index (χ2n) is 5.37. The number of halogens is 2. The van der Waals surface area contributed by atoms with Crippen LogP contribution in [-0.4, -0.2) is 5.78 Å². The third-order valence-corrected chi connectivity index (χ3v) is 4.74. The summed E-state index contributed by atoms with van der Waals surface area (Å²) in [6.45, 7) is 0. The molecule has 4 heteroatoms. The van der Waals surface area contributed by atoms with Gasteiger partial charge in [0.1, 0.15) is 6.04 Å². The van der Waals surface area contributed by atoms with Crippen LogP contribution in [0.2, 0.25) is 0 Å². The molecule has 0 saturated heterocycles. The van der Waals surface area contributed by atoms with Crippen molar-refractivity contribution in [3.05, 3.63) is 98.9 Å². The van der Waals surface area contributed by atoms with Gasteiger partial charge in [0, 0.05) is 20.2 Å². The minimum Gasteiger partial charge on any atom is -0.371 e. The van der Waals surface area contributed by atoms with E-state index in [1.165, 1.54) is 0 Å². The van der Waals surface area contributed by atoms with E-state index in [0.29, 0.717) is 5.56 Å².